The highest BCUT2D eigenvalue weighted by Crippen LogP contribution is 2.22. The number of hydrazine groups is 1. The Labute approximate surface area is 157 Å². The predicted molar refractivity (Wildman–Crippen MR) is 98.2 cm³/mol. The summed E-state index contributed by atoms with van der Waals surface area (Å²) in [5.41, 5.74) is 5.98. The van der Waals surface area contributed by atoms with Crippen LogP contribution in [0.1, 0.15) is 5.56 Å². The van der Waals surface area contributed by atoms with Gasteiger partial charge in [-0.2, -0.15) is 0 Å². The Morgan fingerprint density at radius 2 is 2.00 bits per heavy atom. The van der Waals surface area contributed by atoms with Crippen molar-refractivity contribution in [2.75, 3.05) is 12.0 Å². The number of anilines is 1. The van der Waals surface area contributed by atoms with Crippen molar-refractivity contribution in [3.05, 3.63) is 62.8 Å². The van der Waals surface area contributed by atoms with Crippen molar-refractivity contribution in [3.63, 3.8) is 0 Å². The van der Waals surface area contributed by atoms with Crippen molar-refractivity contribution in [1.29, 1.82) is 0 Å². The number of carbonyl (C=O) groups excluding carboxylic acids is 1. The molecule has 0 radical (unpaired) electrons. The van der Waals surface area contributed by atoms with Gasteiger partial charge in [0.1, 0.15) is 12.9 Å². The van der Waals surface area contributed by atoms with Gasteiger partial charge in [-0.1, -0.05) is 29.3 Å². The molecule has 0 bridgehead atoms. The molecule has 0 aliphatic carbocycles. The van der Waals surface area contributed by atoms with Crippen molar-refractivity contribution < 1.29 is 9.90 Å². The number of hydrogen-bond acceptors (Lipinski definition) is 6. The molecule has 0 atom stereocenters. The monoisotopic (exact) mass is 393 g/mol. The van der Waals surface area contributed by atoms with Crippen molar-refractivity contribution in [2.24, 2.45) is 0 Å². The number of nitrogens with one attached hydrogen (secondary N) is 2. The molecular formula is C16H13Cl2N5O3. The van der Waals surface area contributed by atoms with Gasteiger partial charge in [-0.05, 0) is 23.8 Å². The average molecular weight is 394 g/mol. The third-order valence-electron chi connectivity index (χ3n) is 3.50. The topological polar surface area (TPSA) is 109 Å². The number of aromatic nitrogens is 3. The minimum Gasteiger partial charge on any atom is -0.386 e. The summed E-state index contributed by atoms with van der Waals surface area (Å²) >= 11 is 11.9. The Balaban J connectivity index is 1.91. The number of carbonyl (C=O) groups is 1. The van der Waals surface area contributed by atoms with Crippen LogP contribution in [0.25, 0.3) is 11.0 Å². The minimum atomic E-state index is -0.661. The molecule has 0 aliphatic rings. The summed E-state index contributed by atoms with van der Waals surface area (Å²) in [5, 5.41) is 9.80. The van der Waals surface area contributed by atoms with E-state index in [1.54, 1.807) is 18.2 Å². The molecule has 0 fully saturated rings. The number of halogens is 2. The van der Waals surface area contributed by atoms with Gasteiger partial charge in [0.2, 0.25) is 0 Å². The summed E-state index contributed by atoms with van der Waals surface area (Å²) in [6.45, 7) is -0.399. The second kappa shape index (κ2) is 7.69. The van der Waals surface area contributed by atoms with Gasteiger partial charge in [-0.15, -0.1) is 0 Å². The van der Waals surface area contributed by atoms with Crippen LogP contribution in [0.3, 0.4) is 0 Å². The second-order valence-corrected chi connectivity index (χ2v) is 6.17. The molecule has 0 spiro atoms. The van der Waals surface area contributed by atoms with Gasteiger partial charge in [0, 0.05) is 0 Å². The number of aliphatic hydroxyl groups is 1. The lowest BCUT2D eigenvalue weighted by Crippen LogP contribution is -2.31. The zero-order chi connectivity index (χ0) is 18.7. The lowest BCUT2D eigenvalue weighted by atomic mass is 10.2. The third-order valence-corrected chi connectivity index (χ3v) is 4.24. The Morgan fingerprint density at radius 1 is 1.19 bits per heavy atom. The van der Waals surface area contributed by atoms with Crippen LogP contribution in [0, 0.1) is 0 Å². The maximum Gasteiger partial charge on any atom is 0.263 e. The molecule has 0 aliphatic heterocycles. The summed E-state index contributed by atoms with van der Waals surface area (Å²) < 4.78 is 1.42. The molecule has 134 valence electrons. The largest absolute Gasteiger partial charge is 0.386 e. The highest BCUT2D eigenvalue weighted by atomic mass is 35.5. The number of pyridine rings is 1. The fraction of sp³-hybridized carbons (Fsp3) is 0.125. The molecule has 8 nitrogen and oxygen atoms in total. The summed E-state index contributed by atoms with van der Waals surface area (Å²) in [7, 11) is 0. The van der Waals surface area contributed by atoms with Crippen LogP contribution in [0.5, 0.6) is 0 Å². The van der Waals surface area contributed by atoms with Gasteiger partial charge in [-0.3, -0.25) is 25.0 Å². The first-order chi connectivity index (χ1) is 12.5. The van der Waals surface area contributed by atoms with Crippen LogP contribution < -0.4 is 16.4 Å². The van der Waals surface area contributed by atoms with Crippen molar-refractivity contribution in [2.45, 2.75) is 6.54 Å². The maximum absolute atomic E-state index is 12.7. The average Bonchev–Trinajstić information content (AvgIpc) is 2.65. The molecule has 0 saturated heterocycles. The van der Waals surface area contributed by atoms with Crippen LogP contribution in [0.2, 0.25) is 10.0 Å². The molecule has 2 heterocycles. The van der Waals surface area contributed by atoms with Crippen LogP contribution in [0.15, 0.2) is 41.6 Å². The van der Waals surface area contributed by atoms with Crippen molar-refractivity contribution in [3.8, 4) is 0 Å². The van der Waals surface area contributed by atoms with E-state index < -0.39 is 12.5 Å². The van der Waals surface area contributed by atoms with E-state index in [0.29, 0.717) is 15.7 Å². The lowest BCUT2D eigenvalue weighted by molar-refractivity contribution is -0.123. The first kappa shape index (κ1) is 18.1. The molecule has 3 N–H and O–H groups in total. The predicted octanol–water partition coefficient (Wildman–Crippen LogP) is 1.58. The number of rotatable bonds is 5. The van der Waals surface area contributed by atoms with Crippen LogP contribution >= 0.6 is 23.2 Å². The molecule has 2 aromatic heterocycles. The number of nitrogens with zero attached hydrogens (tertiary/aromatic N) is 3. The normalized spacial score (nSPS) is 10.7. The Hall–Kier alpha value is -2.68. The minimum absolute atomic E-state index is 0.261. The Bertz CT molecular complexity index is 1040. The van der Waals surface area contributed by atoms with Crippen molar-refractivity contribution >= 4 is 45.8 Å². The van der Waals surface area contributed by atoms with E-state index in [-0.39, 0.29) is 23.1 Å². The third kappa shape index (κ3) is 3.93. The van der Waals surface area contributed by atoms with Crippen molar-refractivity contribution in [1.82, 2.24) is 20.0 Å². The van der Waals surface area contributed by atoms with E-state index in [0.717, 1.165) is 5.56 Å². The maximum atomic E-state index is 12.7. The summed E-state index contributed by atoms with van der Waals surface area (Å²) in [6, 6.07) is 6.62. The number of amides is 1. The van der Waals surface area contributed by atoms with E-state index in [4.69, 9.17) is 28.3 Å². The van der Waals surface area contributed by atoms with Gasteiger partial charge < -0.3 is 5.11 Å². The molecular weight excluding hydrogens is 381 g/mol. The fourth-order valence-electron chi connectivity index (χ4n) is 2.25. The molecule has 1 aromatic carbocycles. The van der Waals surface area contributed by atoms with Crippen LogP contribution in [0.4, 0.5) is 5.69 Å². The zero-order valence-corrected chi connectivity index (χ0v) is 14.8. The van der Waals surface area contributed by atoms with Gasteiger partial charge >= 0.3 is 0 Å². The number of hydrogen-bond donors (Lipinski definition) is 3. The first-order valence-corrected chi connectivity index (χ1v) is 8.18. The quantitative estimate of drug-likeness (QED) is 0.567. The van der Waals surface area contributed by atoms with Gasteiger partial charge in [-0.25, -0.2) is 9.97 Å². The van der Waals surface area contributed by atoms with E-state index in [1.807, 2.05) is 0 Å². The summed E-state index contributed by atoms with van der Waals surface area (Å²) in [6.07, 6.45) is 2.82. The smallest absolute Gasteiger partial charge is 0.263 e. The number of benzene rings is 1. The molecule has 10 heteroatoms. The van der Waals surface area contributed by atoms with E-state index in [9.17, 15) is 9.59 Å². The molecule has 0 saturated carbocycles. The SMILES string of the molecule is O=C(CO)NNc1cnc2ncn(Cc3ccc(Cl)c(Cl)c3)c(=O)c2c1. The molecule has 26 heavy (non-hydrogen) atoms. The lowest BCUT2D eigenvalue weighted by Gasteiger charge is -2.09. The van der Waals surface area contributed by atoms with Gasteiger partial charge in [0.25, 0.3) is 11.5 Å². The van der Waals surface area contributed by atoms with E-state index in [2.05, 4.69) is 20.8 Å². The molecule has 3 aromatic rings. The van der Waals surface area contributed by atoms with E-state index >= 15 is 0 Å². The van der Waals surface area contributed by atoms with E-state index in [1.165, 1.54) is 23.2 Å². The van der Waals surface area contributed by atoms with Gasteiger partial charge in [0.05, 0.1) is 33.9 Å². The molecule has 1 amide bonds. The first-order valence-electron chi connectivity index (χ1n) is 7.43. The standard InChI is InChI=1S/C16H13Cl2N5O3/c17-12-2-1-9(3-13(12)18)6-23-8-20-15-11(16(23)26)4-10(5-19-15)21-22-14(25)7-24/h1-5,8,21,24H,6-7H2,(H,22,25). The Morgan fingerprint density at radius 3 is 2.73 bits per heavy atom. The fourth-order valence-corrected chi connectivity index (χ4v) is 2.57. The molecule has 3 rings (SSSR count). The van der Waals surface area contributed by atoms with Crippen LogP contribution in [-0.4, -0.2) is 32.2 Å². The second-order valence-electron chi connectivity index (χ2n) is 5.35. The van der Waals surface area contributed by atoms with Crippen LogP contribution in [-0.2, 0) is 11.3 Å². The number of aliphatic hydroxyl groups excluding tert-OH is 1. The van der Waals surface area contributed by atoms with Gasteiger partial charge in [0.15, 0.2) is 5.65 Å². The number of fused-ring (bicyclic) bond motifs is 1. The molecule has 0 unspecified atom stereocenters. The summed E-state index contributed by atoms with van der Waals surface area (Å²) in [5.74, 6) is -0.617. The zero-order valence-electron chi connectivity index (χ0n) is 13.2. The highest BCUT2D eigenvalue weighted by molar-refractivity contribution is 6.42. The Kier molecular flexibility index (Phi) is 5.36. The highest BCUT2D eigenvalue weighted by Gasteiger charge is 2.08. The summed E-state index contributed by atoms with van der Waals surface area (Å²) in [4.78, 5) is 32.0.